The van der Waals surface area contributed by atoms with Crippen molar-refractivity contribution in [1.82, 2.24) is 0 Å². The van der Waals surface area contributed by atoms with Crippen LogP contribution in [0.2, 0.25) is 6.32 Å². The molecule has 0 radical (unpaired) electrons. The fourth-order valence-electron chi connectivity index (χ4n) is 0.167. The molecule has 0 saturated heterocycles. The van der Waals surface area contributed by atoms with E-state index in [1.165, 1.54) is 0 Å². The van der Waals surface area contributed by atoms with Crippen LogP contribution >= 0.6 is 11.5 Å². The smallest absolute Gasteiger partial charge is 0.398 e. The van der Waals surface area contributed by atoms with E-state index >= 15 is 0 Å². The molecule has 0 aromatic heterocycles. The van der Waals surface area contributed by atoms with Gasteiger partial charge in [-0.25, -0.2) is 0 Å². The summed E-state index contributed by atoms with van der Waals surface area (Å²) in [5.41, 5.74) is 0. The van der Waals surface area contributed by atoms with Crippen LogP contribution in [0.1, 0.15) is 6.92 Å². The first kappa shape index (κ1) is 6.31. The third kappa shape index (κ3) is 2.55. The highest BCUT2D eigenvalue weighted by Crippen LogP contribution is 1.94. The van der Waals surface area contributed by atoms with Crippen molar-refractivity contribution in [3.63, 3.8) is 0 Å². The largest absolute Gasteiger partial charge is 0.425 e. The predicted molar refractivity (Wildman–Crippen MR) is 29.1 cm³/mol. The van der Waals surface area contributed by atoms with Gasteiger partial charge in [0.1, 0.15) is 0 Å². The molecule has 0 aliphatic heterocycles. The van der Waals surface area contributed by atoms with Crippen molar-refractivity contribution in [2.45, 2.75) is 13.2 Å². The topological polar surface area (TPSA) is 9.23 Å². The van der Waals surface area contributed by atoms with E-state index in [0.29, 0.717) is 0 Å². The summed E-state index contributed by atoms with van der Waals surface area (Å²) < 4.78 is 4.66. The second-order valence-electron chi connectivity index (χ2n) is 1.05. The first-order valence-corrected chi connectivity index (χ1v) is 2.41. The van der Waals surface area contributed by atoms with Crippen molar-refractivity contribution in [2.24, 2.45) is 0 Å². The summed E-state index contributed by atoms with van der Waals surface area (Å²) in [6.07, 6.45) is 0.780. The second kappa shape index (κ2) is 3.50. The molecule has 0 spiro atoms. The monoisotopic (exact) mass is 106 g/mol. The summed E-state index contributed by atoms with van der Waals surface area (Å²) in [4.78, 5) is 0. The van der Waals surface area contributed by atoms with Crippen molar-refractivity contribution in [1.29, 1.82) is 0 Å². The molecule has 6 heavy (non-hydrogen) atoms. The Morgan fingerprint density at radius 1 is 1.83 bits per heavy atom. The molecule has 1 nitrogen and oxygen atoms in total. The van der Waals surface area contributed by atoms with Crippen LogP contribution in [0.15, 0.2) is 0 Å². The van der Waals surface area contributed by atoms with Crippen molar-refractivity contribution in [3.05, 3.63) is 0 Å². The van der Waals surface area contributed by atoms with Gasteiger partial charge >= 0.3 is 6.33 Å². The molecule has 0 N–H and O–H groups in total. The standard InChI is InChI=1S/C3H8BClO/c1-3-4(5)6-2/h3H2,1-2H3. The Labute approximate surface area is 43.7 Å². The van der Waals surface area contributed by atoms with Crippen LogP contribution in [0.3, 0.4) is 0 Å². The molecule has 0 heterocycles. The lowest BCUT2D eigenvalue weighted by Crippen LogP contribution is -2.02. The molecule has 0 aromatic rings. The zero-order chi connectivity index (χ0) is 4.99. The van der Waals surface area contributed by atoms with Gasteiger partial charge in [0.15, 0.2) is 0 Å². The van der Waals surface area contributed by atoms with Gasteiger partial charge in [-0.05, 0) is 6.32 Å². The van der Waals surface area contributed by atoms with Gasteiger partial charge in [0, 0.05) is 7.11 Å². The van der Waals surface area contributed by atoms with Crippen LogP contribution in [0, 0.1) is 0 Å². The summed E-state index contributed by atoms with van der Waals surface area (Å²) >= 11 is 5.43. The molecule has 0 unspecified atom stereocenters. The van der Waals surface area contributed by atoms with Crippen LogP contribution < -0.4 is 0 Å². The number of rotatable bonds is 2. The molecule has 0 aliphatic carbocycles. The van der Waals surface area contributed by atoms with Crippen LogP contribution in [0.25, 0.3) is 0 Å². The van der Waals surface area contributed by atoms with E-state index in [2.05, 4.69) is 4.65 Å². The summed E-state index contributed by atoms with van der Waals surface area (Å²) in [6, 6.07) is 0. The molecule has 0 saturated carbocycles. The van der Waals surface area contributed by atoms with E-state index in [1.54, 1.807) is 7.11 Å². The maximum atomic E-state index is 5.43. The lowest BCUT2D eigenvalue weighted by Gasteiger charge is -1.92. The average molecular weight is 106 g/mol. The van der Waals surface area contributed by atoms with Gasteiger partial charge < -0.3 is 4.65 Å². The van der Waals surface area contributed by atoms with Crippen molar-refractivity contribution in [2.75, 3.05) is 7.11 Å². The van der Waals surface area contributed by atoms with E-state index in [9.17, 15) is 0 Å². The number of hydrogen-bond donors (Lipinski definition) is 0. The Kier molecular flexibility index (Phi) is 3.69. The molecular formula is C3H8BClO. The average Bonchev–Trinajstić information content (AvgIpc) is 1.65. The maximum Gasteiger partial charge on any atom is 0.398 e. The summed E-state index contributed by atoms with van der Waals surface area (Å²) in [5.74, 6) is 0. The Balaban J connectivity index is 2.75. The molecule has 0 atom stereocenters. The van der Waals surface area contributed by atoms with E-state index in [0.717, 1.165) is 6.32 Å². The normalized spacial score (nSPS) is 8.50. The van der Waals surface area contributed by atoms with E-state index in [-0.39, 0.29) is 6.33 Å². The Bertz CT molecular complexity index is 30.0. The predicted octanol–water partition coefficient (Wildman–Crippen LogP) is 1.38. The van der Waals surface area contributed by atoms with Gasteiger partial charge in [-0.1, -0.05) is 6.92 Å². The third-order valence-electron chi connectivity index (χ3n) is 0.577. The summed E-state index contributed by atoms with van der Waals surface area (Å²) in [5, 5.41) is 0. The molecule has 0 aromatic carbocycles. The molecule has 0 aliphatic rings. The highest BCUT2D eigenvalue weighted by Gasteiger charge is 2.02. The Hall–Kier alpha value is 0.315. The lowest BCUT2D eigenvalue weighted by molar-refractivity contribution is 0.435. The fourth-order valence-corrected chi connectivity index (χ4v) is 0.167. The zero-order valence-corrected chi connectivity index (χ0v) is 4.83. The highest BCUT2D eigenvalue weighted by molar-refractivity contribution is 7.03. The van der Waals surface area contributed by atoms with Gasteiger partial charge in [-0.3, -0.25) is 0 Å². The summed E-state index contributed by atoms with van der Waals surface area (Å²) in [7, 11) is 1.60. The minimum absolute atomic E-state index is 0.0926. The van der Waals surface area contributed by atoms with Crippen molar-refractivity contribution >= 4 is 17.8 Å². The van der Waals surface area contributed by atoms with Crippen molar-refractivity contribution < 1.29 is 4.65 Å². The Morgan fingerprint density at radius 2 is 2.33 bits per heavy atom. The molecule has 36 valence electrons. The third-order valence-corrected chi connectivity index (χ3v) is 1.06. The van der Waals surface area contributed by atoms with E-state index in [4.69, 9.17) is 11.5 Å². The molecule has 0 bridgehead atoms. The zero-order valence-electron chi connectivity index (χ0n) is 4.07. The van der Waals surface area contributed by atoms with E-state index < -0.39 is 0 Å². The quantitative estimate of drug-likeness (QED) is 0.483. The van der Waals surface area contributed by atoms with E-state index in [1.807, 2.05) is 6.92 Å². The van der Waals surface area contributed by atoms with Crippen LogP contribution in [0.5, 0.6) is 0 Å². The summed E-state index contributed by atoms with van der Waals surface area (Å²) in [6.45, 7) is 1.97. The first-order chi connectivity index (χ1) is 2.81. The van der Waals surface area contributed by atoms with Crippen LogP contribution in [-0.2, 0) is 4.65 Å². The van der Waals surface area contributed by atoms with Gasteiger partial charge in [0.05, 0.1) is 0 Å². The molecule has 0 fully saturated rings. The lowest BCUT2D eigenvalue weighted by atomic mass is 9.96. The molecule has 3 heteroatoms. The molecule has 0 rings (SSSR count). The second-order valence-corrected chi connectivity index (χ2v) is 1.54. The van der Waals surface area contributed by atoms with Crippen LogP contribution in [-0.4, -0.2) is 13.4 Å². The Morgan fingerprint density at radius 3 is 2.33 bits per heavy atom. The van der Waals surface area contributed by atoms with Gasteiger partial charge in [0.2, 0.25) is 0 Å². The van der Waals surface area contributed by atoms with Gasteiger partial charge in [-0.2, -0.15) is 11.5 Å². The van der Waals surface area contributed by atoms with Gasteiger partial charge in [0.25, 0.3) is 0 Å². The molecular weight excluding hydrogens is 98.3 g/mol. The highest BCUT2D eigenvalue weighted by atomic mass is 35.5. The van der Waals surface area contributed by atoms with Crippen LogP contribution in [0.4, 0.5) is 0 Å². The maximum absolute atomic E-state index is 5.43. The number of hydrogen-bond acceptors (Lipinski definition) is 1. The fraction of sp³-hybridized carbons (Fsp3) is 1.00. The van der Waals surface area contributed by atoms with Gasteiger partial charge in [-0.15, -0.1) is 0 Å². The first-order valence-electron chi connectivity index (χ1n) is 1.98. The minimum Gasteiger partial charge on any atom is -0.425 e. The minimum atomic E-state index is -0.0926. The SMILES string of the molecule is CCB(Cl)OC. The molecule has 0 amide bonds. The number of halogens is 1. The van der Waals surface area contributed by atoms with Crippen molar-refractivity contribution in [3.8, 4) is 0 Å².